The molecule has 1 amide bonds. The third-order valence-electron chi connectivity index (χ3n) is 4.39. The van der Waals surface area contributed by atoms with Crippen molar-refractivity contribution in [3.05, 3.63) is 12.2 Å². The second kappa shape index (κ2) is 9.48. The molecule has 0 unspecified atom stereocenters. The maximum absolute atomic E-state index is 11.8. The maximum Gasteiger partial charge on any atom is 0.267 e. The molecule has 1 aliphatic heterocycles. The maximum atomic E-state index is 11.8. The van der Waals surface area contributed by atoms with Crippen LogP contribution < -0.4 is 0 Å². The number of hydrogen-bond donors (Lipinski definition) is 2. The van der Waals surface area contributed by atoms with Crippen molar-refractivity contribution in [2.75, 3.05) is 13.1 Å². The third-order valence-corrected chi connectivity index (χ3v) is 4.39. The number of carbonyl (C=O) groups excluding carboxylic acids is 1. The highest BCUT2D eigenvalue weighted by atomic mass is 16.5. The standard InChI is InChI=1S/C18H31N3O2/c1-5-7-15(8-6-2)13(3)17(20)23-16-9-11-21(12-10-16)18(22)14(4)19/h15-16,19-20H,3,5-12H2,1-2,4H3. The zero-order valence-corrected chi connectivity index (χ0v) is 14.8. The zero-order chi connectivity index (χ0) is 17.4. The van der Waals surface area contributed by atoms with E-state index >= 15 is 0 Å². The fourth-order valence-electron chi connectivity index (χ4n) is 3.03. The number of amides is 1. The lowest BCUT2D eigenvalue weighted by Crippen LogP contribution is -2.43. The van der Waals surface area contributed by atoms with Crippen molar-refractivity contribution < 1.29 is 9.53 Å². The Balaban J connectivity index is 2.48. The fraction of sp³-hybridized carbons (Fsp3) is 0.722. The molecule has 1 saturated heterocycles. The van der Waals surface area contributed by atoms with E-state index in [2.05, 4.69) is 20.4 Å². The van der Waals surface area contributed by atoms with Gasteiger partial charge in [-0.15, -0.1) is 0 Å². The van der Waals surface area contributed by atoms with Gasteiger partial charge in [-0.25, -0.2) is 0 Å². The Kier molecular flexibility index (Phi) is 8.00. The normalized spacial score (nSPS) is 15.6. The third kappa shape index (κ3) is 5.81. The minimum absolute atomic E-state index is 0.0294. The van der Waals surface area contributed by atoms with Gasteiger partial charge in [-0.3, -0.25) is 15.6 Å². The Bertz CT molecular complexity index is 445. The number of hydrogen-bond acceptors (Lipinski definition) is 4. The van der Waals surface area contributed by atoms with Gasteiger partial charge >= 0.3 is 0 Å². The van der Waals surface area contributed by atoms with Crippen molar-refractivity contribution in [1.82, 2.24) is 4.90 Å². The Labute approximate surface area is 140 Å². The molecule has 0 aromatic rings. The van der Waals surface area contributed by atoms with E-state index < -0.39 is 0 Å². The van der Waals surface area contributed by atoms with Gasteiger partial charge < -0.3 is 9.64 Å². The minimum Gasteiger partial charge on any atom is -0.474 e. The Morgan fingerprint density at radius 3 is 2.17 bits per heavy atom. The van der Waals surface area contributed by atoms with E-state index in [1.165, 1.54) is 6.92 Å². The van der Waals surface area contributed by atoms with E-state index in [0.29, 0.717) is 31.8 Å². The summed E-state index contributed by atoms with van der Waals surface area (Å²) in [5.74, 6) is 0.346. The lowest BCUT2D eigenvalue weighted by Gasteiger charge is -2.32. The van der Waals surface area contributed by atoms with Crippen LogP contribution in [0.5, 0.6) is 0 Å². The molecule has 0 atom stereocenters. The summed E-state index contributed by atoms with van der Waals surface area (Å²) in [5.41, 5.74) is 0.884. The molecule has 0 aromatic heterocycles. The van der Waals surface area contributed by atoms with Crippen LogP contribution in [-0.2, 0) is 9.53 Å². The summed E-state index contributed by atoms with van der Waals surface area (Å²) in [6.07, 6.45) is 5.65. The highest BCUT2D eigenvalue weighted by Crippen LogP contribution is 2.24. The van der Waals surface area contributed by atoms with Crippen LogP contribution in [0.4, 0.5) is 0 Å². The summed E-state index contributed by atoms with van der Waals surface area (Å²) in [6, 6.07) is 0. The summed E-state index contributed by atoms with van der Waals surface area (Å²) < 4.78 is 5.81. The average Bonchev–Trinajstić information content (AvgIpc) is 2.53. The smallest absolute Gasteiger partial charge is 0.267 e. The highest BCUT2D eigenvalue weighted by molar-refractivity contribution is 6.36. The molecule has 1 aliphatic rings. The molecule has 0 bridgehead atoms. The molecule has 0 aromatic carbocycles. The summed E-state index contributed by atoms with van der Waals surface area (Å²) >= 11 is 0. The topological polar surface area (TPSA) is 77.2 Å². The van der Waals surface area contributed by atoms with Crippen LogP contribution >= 0.6 is 0 Å². The Morgan fingerprint density at radius 1 is 1.22 bits per heavy atom. The lowest BCUT2D eigenvalue weighted by atomic mass is 9.91. The second-order valence-corrected chi connectivity index (χ2v) is 6.36. The highest BCUT2D eigenvalue weighted by Gasteiger charge is 2.26. The number of carbonyl (C=O) groups is 1. The molecule has 23 heavy (non-hydrogen) atoms. The van der Waals surface area contributed by atoms with Crippen molar-refractivity contribution in [3.63, 3.8) is 0 Å². The summed E-state index contributed by atoms with van der Waals surface area (Å²) in [5, 5.41) is 15.6. The average molecular weight is 321 g/mol. The van der Waals surface area contributed by atoms with Gasteiger partial charge in [0.15, 0.2) is 0 Å². The molecule has 1 fully saturated rings. The van der Waals surface area contributed by atoms with Crippen LogP contribution in [0.2, 0.25) is 0 Å². The number of piperidine rings is 1. The summed E-state index contributed by atoms with van der Waals surface area (Å²) in [7, 11) is 0. The number of nitrogens with one attached hydrogen (secondary N) is 2. The number of ether oxygens (including phenoxy) is 1. The molecule has 1 heterocycles. The van der Waals surface area contributed by atoms with Gasteiger partial charge in [-0.05, 0) is 25.7 Å². The van der Waals surface area contributed by atoms with Crippen molar-refractivity contribution >= 4 is 17.5 Å². The predicted molar refractivity (Wildman–Crippen MR) is 94.3 cm³/mol. The predicted octanol–water partition coefficient (Wildman–Crippen LogP) is 3.78. The van der Waals surface area contributed by atoms with Gasteiger partial charge in [0.1, 0.15) is 6.10 Å². The first-order valence-electron chi connectivity index (χ1n) is 8.69. The van der Waals surface area contributed by atoms with Gasteiger partial charge in [0, 0.05) is 31.5 Å². The molecule has 0 aliphatic carbocycles. The summed E-state index contributed by atoms with van der Waals surface area (Å²) in [4.78, 5) is 13.5. The van der Waals surface area contributed by atoms with Crippen molar-refractivity contribution in [2.24, 2.45) is 5.92 Å². The molecule has 5 nitrogen and oxygen atoms in total. The first kappa shape index (κ1) is 19.4. The monoisotopic (exact) mass is 321 g/mol. The van der Waals surface area contributed by atoms with Gasteiger partial charge in [0.05, 0.1) is 5.71 Å². The van der Waals surface area contributed by atoms with Gasteiger partial charge in [-0.2, -0.15) is 0 Å². The van der Waals surface area contributed by atoms with Crippen LogP contribution in [-0.4, -0.2) is 41.6 Å². The van der Waals surface area contributed by atoms with Gasteiger partial charge in [0.25, 0.3) is 5.91 Å². The quantitative estimate of drug-likeness (QED) is 0.527. The molecule has 130 valence electrons. The summed E-state index contributed by atoms with van der Waals surface area (Å²) in [6.45, 7) is 11.1. The first-order chi connectivity index (χ1) is 10.9. The van der Waals surface area contributed by atoms with Crippen molar-refractivity contribution in [1.29, 1.82) is 10.8 Å². The van der Waals surface area contributed by atoms with Crippen LogP contribution in [0.1, 0.15) is 59.3 Å². The van der Waals surface area contributed by atoms with E-state index in [4.69, 9.17) is 15.6 Å². The molecule has 0 saturated carbocycles. The van der Waals surface area contributed by atoms with E-state index in [1.54, 1.807) is 4.90 Å². The van der Waals surface area contributed by atoms with Gasteiger partial charge in [0.2, 0.25) is 5.90 Å². The van der Waals surface area contributed by atoms with Crippen LogP contribution in [0.25, 0.3) is 0 Å². The molecular weight excluding hydrogens is 290 g/mol. The van der Waals surface area contributed by atoms with Crippen molar-refractivity contribution in [3.8, 4) is 0 Å². The molecule has 0 radical (unpaired) electrons. The molecular formula is C18H31N3O2. The van der Waals surface area contributed by atoms with Gasteiger partial charge in [-0.1, -0.05) is 33.3 Å². The van der Waals surface area contributed by atoms with E-state index in [0.717, 1.165) is 31.3 Å². The number of nitrogens with zero attached hydrogens (tertiary/aromatic N) is 1. The largest absolute Gasteiger partial charge is 0.474 e. The Morgan fingerprint density at radius 2 is 1.74 bits per heavy atom. The van der Waals surface area contributed by atoms with Crippen molar-refractivity contribution in [2.45, 2.75) is 65.4 Å². The molecule has 5 heteroatoms. The van der Waals surface area contributed by atoms with E-state index in [9.17, 15) is 4.79 Å². The van der Waals surface area contributed by atoms with E-state index in [-0.39, 0.29) is 23.6 Å². The Hall–Kier alpha value is -1.65. The molecule has 2 N–H and O–H groups in total. The fourth-order valence-corrected chi connectivity index (χ4v) is 3.03. The first-order valence-corrected chi connectivity index (χ1v) is 8.69. The van der Waals surface area contributed by atoms with Crippen LogP contribution in [0.15, 0.2) is 12.2 Å². The lowest BCUT2D eigenvalue weighted by molar-refractivity contribution is -0.126. The molecule has 0 spiro atoms. The SMILES string of the molecule is C=C(C(=N)OC1CCN(C(=O)C(C)=N)CC1)C(CCC)CCC. The van der Waals surface area contributed by atoms with Crippen LogP contribution in [0.3, 0.4) is 0 Å². The zero-order valence-electron chi connectivity index (χ0n) is 14.8. The number of likely N-dealkylation sites (tertiary alicyclic amines) is 1. The van der Waals surface area contributed by atoms with Crippen LogP contribution in [0, 0.1) is 16.7 Å². The number of rotatable bonds is 8. The minimum atomic E-state index is -0.200. The molecule has 1 rings (SSSR count). The van der Waals surface area contributed by atoms with E-state index in [1.807, 2.05) is 0 Å². The second-order valence-electron chi connectivity index (χ2n) is 6.36.